The Hall–Kier alpha value is -0.160. The van der Waals surface area contributed by atoms with Crippen LogP contribution >= 0.6 is 0 Å². The van der Waals surface area contributed by atoms with E-state index in [1.807, 2.05) is 0 Å². The number of piperidine rings is 1. The fraction of sp³-hybridized carbons (Fsp3) is 1.00. The van der Waals surface area contributed by atoms with Crippen LogP contribution < -0.4 is 5.32 Å². The molecule has 2 aliphatic rings. The zero-order valence-corrected chi connectivity index (χ0v) is 9.17. The summed E-state index contributed by atoms with van der Waals surface area (Å²) in [5.74, 6) is 0. The molecular weight excluding hydrogens is 194 g/mol. The molecular formula is C11H21NO3. The van der Waals surface area contributed by atoms with Crippen LogP contribution in [0.2, 0.25) is 0 Å². The lowest BCUT2D eigenvalue weighted by atomic mass is 9.63. The molecule has 2 saturated heterocycles. The molecule has 0 spiro atoms. The molecule has 4 heteroatoms. The summed E-state index contributed by atoms with van der Waals surface area (Å²) in [5, 5.41) is 23.6. The molecule has 2 rings (SSSR count). The third-order valence-electron chi connectivity index (χ3n) is 4.17. The Balaban J connectivity index is 2.15. The molecule has 3 N–H and O–H groups in total. The van der Waals surface area contributed by atoms with Gasteiger partial charge >= 0.3 is 0 Å². The molecule has 0 unspecified atom stereocenters. The number of rotatable bonds is 2. The minimum Gasteiger partial charge on any atom is -0.396 e. The van der Waals surface area contributed by atoms with Crippen molar-refractivity contribution in [2.75, 3.05) is 32.9 Å². The first-order valence-corrected chi connectivity index (χ1v) is 5.84. The smallest absolute Gasteiger partial charge is 0.0770 e. The standard InChI is InChI=1S/C11H21NO3/c13-9-10(1-5-12-6-2-10)11(14)3-7-15-8-4-11/h12-14H,1-9H2. The van der Waals surface area contributed by atoms with Gasteiger partial charge in [-0.25, -0.2) is 0 Å². The second-order valence-corrected chi connectivity index (χ2v) is 4.83. The van der Waals surface area contributed by atoms with Gasteiger partial charge in [0, 0.05) is 31.5 Å². The van der Waals surface area contributed by atoms with Crippen LogP contribution in [-0.2, 0) is 4.74 Å². The molecule has 0 amide bonds. The quantitative estimate of drug-likeness (QED) is 0.601. The van der Waals surface area contributed by atoms with E-state index in [1.165, 1.54) is 0 Å². The van der Waals surface area contributed by atoms with Crippen LogP contribution in [0.25, 0.3) is 0 Å². The summed E-state index contributed by atoms with van der Waals surface area (Å²) < 4.78 is 5.29. The van der Waals surface area contributed by atoms with Crippen molar-refractivity contribution in [2.24, 2.45) is 5.41 Å². The van der Waals surface area contributed by atoms with E-state index in [9.17, 15) is 10.2 Å². The van der Waals surface area contributed by atoms with Gasteiger partial charge in [-0.1, -0.05) is 0 Å². The van der Waals surface area contributed by atoms with E-state index in [0.29, 0.717) is 26.1 Å². The predicted octanol–water partition coefficient (Wildman–Crippen LogP) is -0.110. The highest BCUT2D eigenvalue weighted by molar-refractivity contribution is 5.01. The molecule has 0 radical (unpaired) electrons. The van der Waals surface area contributed by atoms with Crippen molar-refractivity contribution in [3.63, 3.8) is 0 Å². The number of aliphatic hydroxyl groups is 2. The van der Waals surface area contributed by atoms with Gasteiger partial charge in [-0.15, -0.1) is 0 Å². The maximum absolute atomic E-state index is 10.7. The Labute approximate surface area is 90.6 Å². The van der Waals surface area contributed by atoms with Gasteiger partial charge in [-0.2, -0.15) is 0 Å². The molecule has 2 aliphatic heterocycles. The van der Waals surface area contributed by atoms with Crippen LogP contribution in [-0.4, -0.2) is 48.7 Å². The second kappa shape index (κ2) is 4.37. The summed E-state index contributed by atoms with van der Waals surface area (Å²) >= 11 is 0. The summed E-state index contributed by atoms with van der Waals surface area (Å²) in [7, 11) is 0. The van der Waals surface area contributed by atoms with Gasteiger partial charge in [-0.3, -0.25) is 0 Å². The monoisotopic (exact) mass is 215 g/mol. The Kier molecular flexibility index (Phi) is 3.30. The zero-order chi connectivity index (χ0) is 10.8. The summed E-state index contributed by atoms with van der Waals surface area (Å²) in [6.45, 7) is 3.11. The summed E-state index contributed by atoms with van der Waals surface area (Å²) in [6, 6.07) is 0. The maximum atomic E-state index is 10.7. The SMILES string of the molecule is OCC1(C2(O)CCOCC2)CCNCC1. The van der Waals surface area contributed by atoms with Crippen molar-refractivity contribution < 1.29 is 14.9 Å². The molecule has 0 saturated carbocycles. The molecule has 2 heterocycles. The summed E-state index contributed by atoms with van der Waals surface area (Å²) in [4.78, 5) is 0. The van der Waals surface area contributed by atoms with Crippen molar-refractivity contribution in [3.05, 3.63) is 0 Å². The molecule has 4 nitrogen and oxygen atoms in total. The van der Waals surface area contributed by atoms with Crippen LogP contribution in [0, 0.1) is 5.41 Å². The zero-order valence-electron chi connectivity index (χ0n) is 9.17. The van der Waals surface area contributed by atoms with E-state index in [2.05, 4.69) is 5.32 Å². The average Bonchev–Trinajstić information content (AvgIpc) is 2.31. The molecule has 15 heavy (non-hydrogen) atoms. The summed E-state index contributed by atoms with van der Waals surface area (Å²) in [6.07, 6.45) is 3.04. The first-order chi connectivity index (χ1) is 7.22. The topological polar surface area (TPSA) is 61.7 Å². The number of nitrogens with one attached hydrogen (secondary N) is 1. The van der Waals surface area contributed by atoms with Gasteiger partial charge in [0.2, 0.25) is 0 Å². The van der Waals surface area contributed by atoms with Crippen molar-refractivity contribution in [1.29, 1.82) is 0 Å². The molecule has 0 bridgehead atoms. The Morgan fingerprint density at radius 1 is 1.07 bits per heavy atom. The maximum Gasteiger partial charge on any atom is 0.0770 e. The number of ether oxygens (including phenoxy) is 1. The highest BCUT2D eigenvalue weighted by atomic mass is 16.5. The lowest BCUT2D eigenvalue weighted by Gasteiger charge is -2.50. The van der Waals surface area contributed by atoms with Gasteiger partial charge in [0.25, 0.3) is 0 Å². The van der Waals surface area contributed by atoms with Gasteiger partial charge in [-0.05, 0) is 25.9 Å². The van der Waals surface area contributed by atoms with Crippen molar-refractivity contribution in [2.45, 2.75) is 31.3 Å². The van der Waals surface area contributed by atoms with Crippen LogP contribution in [0.4, 0.5) is 0 Å². The van der Waals surface area contributed by atoms with E-state index in [1.54, 1.807) is 0 Å². The predicted molar refractivity (Wildman–Crippen MR) is 56.6 cm³/mol. The lowest BCUT2D eigenvalue weighted by molar-refractivity contribution is -0.169. The Morgan fingerprint density at radius 2 is 1.67 bits per heavy atom. The van der Waals surface area contributed by atoms with Crippen molar-refractivity contribution in [1.82, 2.24) is 5.32 Å². The summed E-state index contributed by atoms with van der Waals surface area (Å²) in [5.41, 5.74) is -1.02. The molecule has 0 aromatic heterocycles. The molecule has 0 atom stereocenters. The normalized spacial score (nSPS) is 30.0. The minimum atomic E-state index is -0.720. The van der Waals surface area contributed by atoms with E-state index in [0.717, 1.165) is 25.9 Å². The number of hydrogen-bond donors (Lipinski definition) is 3. The van der Waals surface area contributed by atoms with Crippen LogP contribution in [0.3, 0.4) is 0 Å². The lowest BCUT2D eigenvalue weighted by Crippen LogP contribution is -2.57. The molecule has 0 aliphatic carbocycles. The van der Waals surface area contributed by atoms with Crippen molar-refractivity contribution >= 4 is 0 Å². The average molecular weight is 215 g/mol. The van der Waals surface area contributed by atoms with Crippen LogP contribution in [0.15, 0.2) is 0 Å². The molecule has 88 valence electrons. The first-order valence-electron chi connectivity index (χ1n) is 5.84. The fourth-order valence-corrected chi connectivity index (χ4v) is 2.92. The number of hydrogen-bond acceptors (Lipinski definition) is 4. The Morgan fingerprint density at radius 3 is 2.20 bits per heavy atom. The van der Waals surface area contributed by atoms with Crippen LogP contribution in [0.5, 0.6) is 0 Å². The molecule has 0 aromatic rings. The fourth-order valence-electron chi connectivity index (χ4n) is 2.92. The minimum absolute atomic E-state index is 0.0885. The highest BCUT2D eigenvalue weighted by Crippen LogP contribution is 2.45. The third-order valence-corrected chi connectivity index (χ3v) is 4.17. The molecule has 2 fully saturated rings. The molecule has 0 aromatic carbocycles. The van der Waals surface area contributed by atoms with Gasteiger partial charge in [0.05, 0.1) is 12.2 Å². The van der Waals surface area contributed by atoms with Crippen molar-refractivity contribution in [3.8, 4) is 0 Å². The van der Waals surface area contributed by atoms with Gasteiger partial charge in [0.1, 0.15) is 0 Å². The largest absolute Gasteiger partial charge is 0.396 e. The van der Waals surface area contributed by atoms with E-state index in [-0.39, 0.29) is 12.0 Å². The third kappa shape index (κ3) is 1.91. The van der Waals surface area contributed by atoms with Gasteiger partial charge < -0.3 is 20.3 Å². The first kappa shape index (κ1) is 11.3. The van der Waals surface area contributed by atoms with Crippen LogP contribution in [0.1, 0.15) is 25.7 Å². The second-order valence-electron chi connectivity index (χ2n) is 4.83. The highest BCUT2D eigenvalue weighted by Gasteiger charge is 2.50. The van der Waals surface area contributed by atoms with E-state index < -0.39 is 5.60 Å². The van der Waals surface area contributed by atoms with E-state index >= 15 is 0 Å². The Bertz CT molecular complexity index is 208. The van der Waals surface area contributed by atoms with E-state index in [4.69, 9.17) is 4.74 Å². The van der Waals surface area contributed by atoms with Gasteiger partial charge in [0.15, 0.2) is 0 Å². The number of aliphatic hydroxyl groups excluding tert-OH is 1.